The Morgan fingerprint density at radius 2 is 2.15 bits per heavy atom. The van der Waals surface area contributed by atoms with Gasteiger partial charge < -0.3 is 4.90 Å². The number of carbonyl (C=O) groups excluding carboxylic acids is 1. The second-order valence-electron chi connectivity index (χ2n) is 6.66. The number of nitrogens with zero attached hydrogens (tertiary/aromatic N) is 5. The minimum absolute atomic E-state index is 0.0532. The average Bonchev–Trinajstić information content (AvgIpc) is 2.94. The minimum Gasteiger partial charge on any atom is -0.337 e. The van der Waals surface area contributed by atoms with Crippen LogP contribution in [0.25, 0.3) is 0 Å². The summed E-state index contributed by atoms with van der Waals surface area (Å²) in [6.45, 7) is 2.28. The van der Waals surface area contributed by atoms with Crippen molar-refractivity contribution in [1.82, 2.24) is 19.8 Å². The van der Waals surface area contributed by atoms with E-state index < -0.39 is 0 Å². The first-order valence-electron chi connectivity index (χ1n) is 8.93. The molecule has 0 spiro atoms. The lowest BCUT2D eigenvalue weighted by atomic mass is 10.1. The molecule has 134 valence electrons. The number of hydrogen-bond acceptors (Lipinski definition) is 5. The maximum atomic E-state index is 12.7. The molecule has 0 radical (unpaired) electrons. The molecule has 0 aliphatic carbocycles. The highest BCUT2D eigenvalue weighted by Gasteiger charge is 2.24. The molecule has 2 aromatic rings. The topological polar surface area (TPSA) is 73.1 Å². The van der Waals surface area contributed by atoms with Gasteiger partial charge in [0.15, 0.2) is 0 Å². The van der Waals surface area contributed by atoms with Gasteiger partial charge in [0.2, 0.25) is 0 Å². The van der Waals surface area contributed by atoms with E-state index in [1.54, 1.807) is 12.1 Å². The summed E-state index contributed by atoms with van der Waals surface area (Å²) in [5, 5.41) is 8.85. The van der Waals surface area contributed by atoms with Crippen molar-refractivity contribution in [1.29, 1.82) is 5.26 Å². The highest BCUT2D eigenvalue weighted by Crippen LogP contribution is 2.18. The number of amides is 1. The van der Waals surface area contributed by atoms with Crippen LogP contribution in [0.1, 0.15) is 41.0 Å². The van der Waals surface area contributed by atoms with Gasteiger partial charge in [0.05, 0.1) is 11.3 Å². The van der Waals surface area contributed by atoms with Gasteiger partial charge in [-0.3, -0.25) is 14.7 Å². The molecule has 3 heterocycles. The summed E-state index contributed by atoms with van der Waals surface area (Å²) in [4.78, 5) is 25.4. The number of hydrogen-bond donors (Lipinski definition) is 0. The fraction of sp³-hybridized carbons (Fsp3) is 0.400. The van der Waals surface area contributed by atoms with E-state index in [9.17, 15) is 4.79 Å². The molecule has 26 heavy (non-hydrogen) atoms. The molecule has 0 aromatic carbocycles. The van der Waals surface area contributed by atoms with Gasteiger partial charge in [-0.1, -0.05) is 6.07 Å². The molecule has 1 aliphatic heterocycles. The molecule has 1 aliphatic rings. The van der Waals surface area contributed by atoms with Crippen molar-refractivity contribution in [3.05, 3.63) is 59.7 Å². The normalized spacial score (nSPS) is 17.6. The van der Waals surface area contributed by atoms with Crippen molar-refractivity contribution in [3.63, 3.8) is 0 Å². The first-order valence-corrected chi connectivity index (χ1v) is 8.93. The van der Waals surface area contributed by atoms with E-state index in [-0.39, 0.29) is 5.91 Å². The minimum atomic E-state index is -0.0532. The number of likely N-dealkylation sites (tertiary alicyclic amines) is 1. The third kappa shape index (κ3) is 4.44. The van der Waals surface area contributed by atoms with Gasteiger partial charge in [-0.25, -0.2) is 4.98 Å². The van der Waals surface area contributed by atoms with Crippen LogP contribution in [-0.4, -0.2) is 51.9 Å². The van der Waals surface area contributed by atoms with Crippen LogP contribution in [0.2, 0.25) is 0 Å². The van der Waals surface area contributed by atoms with Gasteiger partial charge in [0, 0.05) is 38.1 Å². The molecule has 0 N–H and O–H groups in total. The summed E-state index contributed by atoms with van der Waals surface area (Å²) in [6.07, 6.45) is 6.24. The Hall–Kier alpha value is -2.78. The van der Waals surface area contributed by atoms with Crippen molar-refractivity contribution >= 4 is 5.91 Å². The molecule has 1 saturated heterocycles. The van der Waals surface area contributed by atoms with Crippen LogP contribution >= 0.6 is 0 Å². The number of aromatic nitrogens is 2. The molecule has 3 rings (SSSR count). The lowest BCUT2D eigenvalue weighted by Crippen LogP contribution is -2.35. The van der Waals surface area contributed by atoms with Crippen LogP contribution in [0.3, 0.4) is 0 Å². The standard InChI is InChI=1S/C20H23N5O/c1-24(15-17-5-2-3-10-22-17)18-6-4-11-25(12-9-18)20(26)19-8-7-16(13-21)14-23-19/h2-3,5,7-8,10,14,18H,4,6,9,11-12,15H2,1H3. The lowest BCUT2D eigenvalue weighted by Gasteiger charge is -2.27. The number of pyridine rings is 2. The Kier molecular flexibility index (Phi) is 5.92. The van der Waals surface area contributed by atoms with Crippen LogP contribution in [0.5, 0.6) is 0 Å². The molecular formula is C20H23N5O. The second kappa shape index (κ2) is 8.54. The van der Waals surface area contributed by atoms with E-state index in [2.05, 4.69) is 21.9 Å². The number of nitriles is 1. The van der Waals surface area contributed by atoms with Crippen LogP contribution in [0, 0.1) is 11.3 Å². The molecule has 2 aromatic heterocycles. The van der Waals surface area contributed by atoms with Crippen molar-refractivity contribution < 1.29 is 4.79 Å². The number of rotatable bonds is 4. The summed E-state index contributed by atoms with van der Waals surface area (Å²) in [7, 11) is 2.12. The highest BCUT2D eigenvalue weighted by atomic mass is 16.2. The molecule has 0 saturated carbocycles. The molecular weight excluding hydrogens is 326 g/mol. The van der Waals surface area contributed by atoms with Gasteiger partial charge in [0.1, 0.15) is 11.8 Å². The van der Waals surface area contributed by atoms with E-state index in [0.29, 0.717) is 17.3 Å². The van der Waals surface area contributed by atoms with E-state index in [1.165, 1.54) is 6.20 Å². The quantitative estimate of drug-likeness (QED) is 0.848. The van der Waals surface area contributed by atoms with E-state index in [1.807, 2.05) is 35.4 Å². The Bertz CT molecular complexity index is 769. The van der Waals surface area contributed by atoms with E-state index in [0.717, 1.165) is 44.6 Å². The predicted molar refractivity (Wildman–Crippen MR) is 98.2 cm³/mol. The first-order chi connectivity index (χ1) is 12.7. The van der Waals surface area contributed by atoms with Gasteiger partial charge >= 0.3 is 0 Å². The van der Waals surface area contributed by atoms with Crippen molar-refractivity contribution in [2.45, 2.75) is 31.8 Å². The zero-order valence-corrected chi connectivity index (χ0v) is 15.0. The fourth-order valence-corrected chi connectivity index (χ4v) is 3.35. The van der Waals surface area contributed by atoms with Crippen LogP contribution in [0.15, 0.2) is 42.7 Å². The van der Waals surface area contributed by atoms with E-state index >= 15 is 0 Å². The average molecular weight is 349 g/mol. The summed E-state index contributed by atoms with van der Waals surface area (Å²) in [5.74, 6) is -0.0532. The summed E-state index contributed by atoms with van der Waals surface area (Å²) < 4.78 is 0. The van der Waals surface area contributed by atoms with Gasteiger partial charge in [-0.15, -0.1) is 0 Å². The van der Waals surface area contributed by atoms with Crippen molar-refractivity contribution in [2.75, 3.05) is 20.1 Å². The molecule has 6 heteroatoms. The SMILES string of the molecule is CN(Cc1ccccn1)C1CCCN(C(=O)c2ccc(C#N)cn2)CC1. The first kappa shape index (κ1) is 18.0. The zero-order chi connectivity index (χ0) is 18.4. The molecule has 6 nitrogen and oxygen atoms in total. The van der Waals surface area contributed by atoms with Crippen LogP contribution in [0.4, 0.5) is 0 Å². The largest absolute Gasteiger partial charge is 0.337 e. The maximum absolute atomic E-state index is 12.7. The predicted octanol–water partition coefficient (Wildman–Crippen LogP) is 2.47. The van der Waals surface area contributed by atoms with E-state index in [4.69, 9.17) is 5.26 Å². The van der Waals surface area contributed by atoms with Gasteiger partial charge in [-0.2, -0.15) is 5.26 Å². The van der Waals surface area contributed by atoms with Crippen molar-refractivity contribution in [2.24, 2.45) is 0 Å². The van der Waals surface area contributed by atoms with Gasteiger partial charge in [0.25, 0.3) is 5.91 Å². The van der Waals surface area contributed by atoms with Crippen LogP contribution < -0.4 is 0 Å². The Balaban J connectivity index is 1.58. The van der Waals surface area contributed by atoms with Gasteiger partial charge in [-0.05, 0) is 50.6 Å². The van der Waals surface area contributed by atoms with Crippen molar-refractivity contribution in [3.8, 4) is 6.07 Å². The molecule has 1 amide bonds. The number of carbonyl (C=O) groups is 1. The summed E-state index contributed by atoms with van der Waals surface area (Å²) in [5.41, 5.74) is 1.94. The smallest absolute Gasteiger partial charge is 0.272 e. The zero-order valence-electron chi connectivity index (χ0n) is 15.0. The lowest BCUT2D eigenvalue weighted by molar-refractivity contribution is 0.0751. The highest BCUT2D eigenvalue weighted by molar-refractivity contribution is 5.92. The summed E-state index contributed by atoms with van der Waals surface area (Å²) in [6, 6.07) is 11.7. The second-order valence-corrected chi connectivity index (χ2v) is 6.66. The third-order valence-corrected chi connectivity index (χ3v) is 4.86. The molecule has 1 unspecified atom stereocenters. The third-order valence-electron chi connectivity index (χ3n) is 4.86. The molecule has 1 fully saturated rings. The molecule has 1 atom stereocenters. The molecule has 0 bridgehead atoms. The Morgan fingerprint density at radius 3 is 2.85 bits per heavy atom. The Labute approximate surface area is 154 Å². The summed E-state index contributed by atoms with van der Waals surface area (Å²) >= 11 is 0. The fourth-order valence-electron chi connectivity index (χ4n) is 3.35. The monoisotopic (exact) mass is 349 g/mol. The Morgan fingerprint density at radius 1 is 1.27 bits per heavy atom. The maximum Gasteiger partial charge on any atom is 0.272 e. The van der Waals surface area contributed by atoms with Crippen LogP contribution in [-0.2, 0) is 6.54 Å².